The van der Waals surface area contributed by atoms with Crippen LogP contribution in [0.5, 0.6) is 0 Å². The summed E-state index contributed by atoms with van der Waals surface area (Å²) in [5.74, 6) is 1.29. The highest BCUT2D eigenvalue weighted by Crippen LogP contribution is 2.19. The molecule has 1 aliphatic heterocycles. The standard InChI is InChI=1S/C17H19N5O3/c1-13-3-2-8-18-16(13)20-17(21-9-11-25-12-10-21)19-14-4-6-15(7-5-14)22(23)24/h2-8H,9-12H2,1H3,(H,18,19,20). The number of nitro benzene ring substituents is 1. The lowest BCUT2D eigenvalue weighted by Crippen LogP contribution is -2.44. The van der Waals surface area contributed by atoms with Gasteiger partial charge in [-0.1, -0.05) is 6.07 Å². The molecule has 2 aromatic rings. The third kappa shape index (κ3) is 4.30. The van der Waals surface area contributed by atoms with E-state index in [0.29, 0.717) is 38.1 Å². The molecule has 3 rings (SSSR count). The fourth-order valence-corrected chi connectivity index (χ4v) is 2.44. The molecule has 1 fully saturated rings. The third-order valence-corrected chi connectivity index (χ3v) is 3.84. The van der Waals surface area contributed by atoms with Crippen LogP contribution in [0.4, 0.5) is 17.2 Å². The second kappa shape index (κ2) is 7.71. The molecule has 1 aromatic heterocycles. The largest absolute Gasteiger partial charge is 0.378 e. The zero-order valence-electron chi connectivity index (χ0n) is 13.9. The van der Waals surface area contributed by atoms with E-state index < -0.39 is 4.92 Å². The number of benzene rings is 1. The van der Waals surface area contributed by atoms with Crippen molar-refractivity contribution in [2.45, 2.75) is 6.92 Å². The Kier molecular flexibility index (Phi) is 5.20. The van der Waals surface area contributed by atoms with E-state index in [-0.39, 0.29) is 5.69 Å². The van der Waals surface area contributed by atoms with Crippen LogP contribution in [0.2, 0.25) is 0 Å². The summed E-state index contributed by atoms with van der Waals surface area (Å²) in [6, 6.07) is 10.1. The fraction of sp³-hybridized carbons (Fsp3) is 0.294. The Hall–Kier alpha value is -3.00. The summed E-state index contributed by atoms with van der Waals surface area (Å²) in [6.45, 7) is 4.63. The van der Waals surface area contributed by atoms with Crippen LogP contribution in [0.1, 0.15) is 5.56 Å². The summed E-state index contributed by atoms with van der Waals surface area (Å²) in [5, 5.41) is 14.0. The van der Waals surface area contributed by atoms with Crippen molar-refractivity contribution in [1.82, 2.24) is 9.88 Å². The quantitative estimate of drug-likeness (QED) is 0.399. The maximum atomic E-state index is 10.8. The Labute approximate surface area is 145 Å². The Balaban J connectivity index is 1.88. The number of morpholine rings is 1. The van der Waals surface area contributed by atoms with Gasteiger partial charge in [-0.25, -0.2) is 4.98 Å². The minimum absolute atomic E-state index is 0.0518. The second-order valence-electron chi connectivity index (χ2n) is 5.61. The van der Waals surface area contributed by atoms with E-state index in [0.717, 1.165) is 11.3 Å². The number of anilines is 1. The maximum Gasteiger partial charge on any atom is 0.269 e. The summed E-state index contributed by atoms with van der Waals surface area (Å²) >= 11 is 0. The molecule has 1 aliphatic rings. The monoisotopic (exact) mass is 341 g/mol. The van der Waals surface area contributed by atoms with Crippen LogP contribution >= 0.6 is 0 Å². The number of rotatable bonds is 3. The number of non-ortho nitro benzene ring substituents is 1. The van der Waals surface area contributed by atoms with Gasteiger partial charge in [-0.05, 0) is 30.7 Å². The highest BCUT2D eigenvalue weighted by atomic mass is 16.6. The summed E-state index contributed by atoms with van der Waals surface area (Å²) in [5.41, 5.74) is 1.75. The SMILES string of the molecule is Cc1cccnc1N=C(Nc1ccc([N+](=O)[O-])cc1)N1CCOCC1. The van der Waals surface area contributed by atoms with Crippen LogP contribution in [0.15, 0.2) is 47.6 Å². The van der Waals surface area contributed by atoms with Crippen LogP contribution in [0.3, 0.4) is 0 Å². The van der Waals surface area contributed by atoms with Crippen LogP contribution in [0.25, 0.3) is 0 Å². The lowest BCUT2D eigenvalue weighted by Gasteiger charge is -2.30. The number of hydrogen-bond acceptors (Lipinski definition) is 5. The first kappa shape index (κ1) is 16.8. The van der Waals surface area contributed by atoms with Crippen molar-refractivity contribution in [2.24, 2.45) is 4.99 Å². The lowest BCUT2D eigenvalue weighted by atomic mass is 10.3. The molecule has 0 radical (unpaired) electrons. The summed E-state index contributed by atoms with van der Waals surface area (Å²) in [7, 11) is 0. The fourth-order valence-electron chi connectivity index (χ4n) is 2.44. The molecule has 1 N–H and O–H groups in total. The number of hydrogen-bond donors (Lipinski definition) is 1. The molecule has 2 heterocycles. The molecular formula is C17H19N5O3. The predicted molar refractivity (Wildman–Crippen MR) is 95.2 cm³/mol. The van der Waals surface area contributed by atoms with Crippen LogP contribution in [0, 0.1) is 17.0 Å². The van der Waals surface area contributed by atoms with Crippen molar-refractivity contribution in [3.05, 3.63) is 58.3 Å². The Morgan fingerprint density at radius 1 is 1.28 bits per heavy atom. The Bertz CT molecular complexity index is 770. The Morgan fingerprint density at radius 2 is 2.00 bits per heavy atom. The van der Waals surface area contributed by atoms with Gasteiger partial charge in [0.1, 0.15) is 0 Å². The van der Waals surface area contributed by atoms with Crippen molar-refractivity contribution in [2.75, 3.05) is 31.6 Å². The van der Waals surface area contributed by atoms with Gasteiger partial charge in [0.05, 0.1) is 18.1 Å². The molecule has 0 saturated carbocycles. The maximum absolute atomic E-state index is 10.8. The van der Waals surface area contributed by atoms with Gasteiger partial charge in [-0.3, -0.25) is 10.1 Å². The Morgan fingerprint density at radius 3 is 2.64 bits per heavy atom. The topological polar surface area (TPSA) is 92.9 Å². The number of ether oxygens (including phenoxy) is 1. The van der Waals surface area contributed by atoms with E-state index in [2.05, 4.69) is 20.2 Å². The molecular weight excluding hydrogens is 322 g/mol. The average molecular weight is 341 g/mol. The van der Waals surface area contributed by atoms with Gasteiger partial charge in [0.15, 0.2) is 5.82 Å². The molecule has 1 aromatic carbocycles. The first-order chi connectivity index (χ1) is 12.1. The first-order valence-electron chi connectivity index (χ1n) is 7.98. The third-order valence-electron chi connectivity index (χ3n) is 3.84. The molecule has 0 bridgehead atoms. The van der Waals surface area contributed by atoms with Gasteiger partial charge >= 0.3 is 0 Å². The van der Waals surface area contributed by atoms with Crippen molar-refractivity contribution in [3.63, 3.8) is 0 Å². The lowest BCUT2D eigenvalue weighted by molar-refractivity contribution is -0.384. The van der Waals surface area contributed by atoms with E-state index in [1.165, 1.54) is 12.1 Å². The smallest absolute Gasteiger partial charge is 0.269 e. The summed E-state index contributed by atoms with van der Waals surface area (Å²) in [4.78, 5) is 21.4. The average Bonchev–Trinajstić information content (AvgIpc) is 2.64. The molecule has 0 aliphatic carbocycles. The van der Waals surface area contributed by atoms with Crippen molar-refractivity contribution < 1.29 is 9.66 Å². The summed E-state index contributed by atoms with van der Waals surface area (Å²) < 4.78 is 5.40. The van der Waals surface area contributed by atoms with Crippen LogP contribution < -0.4 is 5.32 Å². The molecule has 25 heavy (non-hydrogen) atoms. The second-order valence-corrected chi connectivity index (χ2v) is 5.61. The number of nitrogens with one attached hydrogen (secondary N) is 1. The molecule has 0 atom stereocenters. The zero-order valence-corrected chi connectivity index (χ0v) is 13.9. The molecule has 130 valence electrons. The number of aromatic nitrogens is 1. The van der Waals surface area contributed by atoms with E-state index in [9.17, 15) is 10.1 Å². The van der Waals surface area contributed by atoms with Gasteiger partial charge < -0.3 is 15.0 Å². The number of pyridine rings is 1. The number of nitro groups is 1. The van der Waals surface area contributed by atoms with Gasteiger partial charge in [-0.15, -0.1) is 0 Å². The van der Waals surface area contributed by atoms with Crippen LogP contribution in [-0.2, 0) is 4.74 Å². The van der Waals surface area contributed by atoms with Crippen molar-refractivity contribution >= 4 is 23.2 Å². The zero-order chi connectivity index (χ0) is 17.6. The van der Waals surface area contributed by atoms with Crippen molar-refractivity contribution in [1.29, 1.82) is 0 Å². The molecule has 8 nitrogen and oxygen atoms in total. The summed E-state index contributed by atoms with van der Waals surface area (Å²) in [6.07, 6.45) is 1.70. The molecule has 8 heteroatoms. The van der Waals surface area contributed by atoms with Gasteiger partial charge in [0.2, 0.25) is 5.96 Å². The minimum atomic E-state index is -0.419. The highest BCUT2D eigenvalue weighted by Gasteiger charge is 2.17. The number of aryl methyl sites for hydroxylation is 1. The van der Waals surface area contributed by atoms with Gasteiger partial charge in [-0.2, -0.15) is 4.99 Å². The normalized spacial score (nSPS) is 15.1. The minimum Gasteiger partial charge on any atom is -0.378 e. The molecule has 0 amide bonds. The van der Waals surface area contributed by atoms with E-state index in [4.69, 9.17) is 4.74 Å². The molecule has 1 saturated heterocycles. The van der Waals surface area contributed by atoms with E-state index in [1.807, 2.05) is 19.1 Å². The number of nitrogens with zero attached hydrogens (tertiary/aromatic N) is 4. The highest BCUT2D eigenvalue weighted by molar-refractivity contribution is 5.95. The number of aliphatic imine (C=N–C) groups is 1. The predicted octanol–water partition coefficient (Wildman–Crippen LogP) is 2.73. The van der Waals surface area contributed by atoms with E-state index in [1.54, 1.807) is 18.3 Å². The van der Waals surface area contributed by atoms with E-state index >= 15 is 0 Å². The number of guanidine groups is 1. The molecule has 0 spiro atoms. The van der Waals surface area contributed by atoms with Crippen molar-refractivity contribution in [3.8, 4) is 0 Å². The van der Waals surface area contributed by atoms with Crippen LogP contribution in [-0.4, -0.2) is 47.1 Å². The van der Waals surface area contributed by atoms with Gasteiger partial charge in [0.25, 0.3) is 5.69 Å². The molecule has 0 unspecified atom stereocenters. The first-order valence-corrected chi connectivity index (χ1v) is 7.98. The van der Waals surface area contributed by atoms with Gasteiger partial charge in [0, 0.05) is 37.1 Å².